The zero-order valence-electron chi connectivity index (χ0n) is 13.4. The Morgan fingerprint density at radius 2 is 1.86 bits per heavy atom. The topological polar surface area (TPSA) is 34.4 Å². The van der Waals surface area contributed by atoms with Crippen LogP contribution in [0.25, 0.3) is 0 Å². The Morgan fingerprint density at radius 1 is 1.19 bits per heavy atom. The minimum absolute atomic E-state index is 0.0357. The third-order valence-corrected chi connectivity index (χ3v) is 4.70. The standard InChI is InChI=1S/C17H22BrNO2/c1-9-7-14(18)11(3)15(17(9)20-6)16(19-5)13-8-10(2)21-12(13)4/h7-8,16,19H,1-6H3. The van der Waals surface area contributed by atoms with Crippen LogP contribution in [0.15, 0.2) is 21.0 Å². The van der Waals surface area contributed by atoms with Gasteiger partial charge in [0.25, 0.3) is 0 Å². The van der Waals surface area contributed by atoms with Gasteiger partial charge in [-0.05, 0) is 58.0 Å². The Morgan fingerprint density at radius 3 is 2.33 bits per heavy atom. The van der Waals surface area contributed by atoms with Gasteiger partial charge in [-0.25, -0.2) is 0 Å². The molecule has 0 aliphatic heterocycles. The molecule has 1 atom stereocenters. The Labute approximate surface area is 134 Å². The second-order valence-corrected chi connectivity index (χ2v) is 6.19. The van der Waals surface area contributed by atoms with E-state index in [1.807, 2.05) is 20.9 Å². The van der Waals surface area contributed by atoms with Crippen LogP contribution in [0.3, 0.4) is 0 Å². The molecular weight excluding hydrogens is 330 g/mol. The number of furan rings is 1. The van der Waals surface area contributed by atoms with Crippen LogP contribution in [0.4, 0.5) is 0 Å². The SMILES string of the molecule is CNC(c1cc(C)oc1C)c1c(C)c(Br)cc(C)c1OC. The minimum Gasteiger partial charge on any atom is -0.496 e. The molecule has 2 aromatic rings. The molecule has 1 N–H and O–H groups in total. The van der Waals surface area contributed by atoms with Crippen molar-refractivity contribution in [3.8, 4) is 5.75 Å². The lowest BCUT2D eigenvalue weighted by Crippen LogP contribution is -2.20. The van der Waals surface area contributed by atoms with Crippen molar-refractivity contribution >= 4 is 15.9 Å². The third kappa shape index (κ3) is 2.87. The number of halogens is 1. The summed E-state index contributed by atoms with van der Waals surface area (Å²) in [7, 11) is 3.68. The predicted molar refractivity (Wildman–Crippen MR) is 89.3 cm³/mol. The molecule has 0 amide bonds. The molecule has 0 radical (unpaired) electrons. The number of aryl methyl sites for hydroxylation is 3. The van der Waals surface area contributed by atoms with Gasteiger partial charge in [0.1, 0.15) is 17.3 Å². The zero-order chi connectivity index (χ0) is 15.7. The molecule has 1 aromatic carbocycles. The molecule has 0 fully saturated rings. The van der Waals surface area contributed by atoms with Crippen molar-refractivity contribution < 1.29 is 9.15 Å². The van der Waals surface area contributed by atoms with Crippen molar-refractivity contribution in [3.05, 3.63) is 50.4 Å². The van der Waals surface area contributed by atoms with E-state index in [0.29, 0.717) is 0 Å². The molecule has 0 saturated carbocycles. The normalized spacial score (nSPS) is 12.5. The molecule has 1 heterocycles. The highest BCUT2D eigenvalue weighted by atomic mass is 79.9. The minimum atomic E-state index is 0.0357. The van der Waals surface area contributed by atoms with E-state index in [2.05, 4.69) is 47.2 Å². The van der Waals surface area contributed by atoms with E-state index in [-0.39, 0.29) is 6.04 Å². The van der Waals surface area contributed by atoms with Gasteiger partial charge >= 0.3 is 0 Å². The lowest BCUT2D eigenvalue weighted by Gasteiger charge is -2.23. The van der Waals surface area contributed by atoms with Gasteiger partial charge in [-0.3, -0.25) is 0 Å². The maximum atomic E-state index is 5.70. The molecule has 1 unspecified atom stereocenters. The molecule has 0 aliphatic rings. The summed E-state index contributed by atoms with van der Waals surface area (Å²) >= 11 is 3.65. The molecule has 0 saturated heterocycles. The summed E-state index contributed by atoms with van der Waals surface area (Å²) in [6.07, 6.45) is 0. The molecular formula is C17H22BrNO2. The van der Waals surface area contributed by atoms with Gasteiger partial charge in [-0.1, -0.05) is 15.9 Å². The van der Waals surface area contributed by atoms with E-state index in [0.717, 1.165) is 38.4 Å². The number of benzene rings is 1. The highest BCUT2D eigenvalue weighted by molar-refractivity contribution is 9.10. The number of nitrogens with one attached hydrogen (secondary N) is 1. The van der Waals surface area contributed by atoms with Crippen LogP contribution in [0, 0.1) is 27.7 Å². The molecule has 0 spiro atoms. The summed E-state index contributed by atoms with van der Waals surface area (Å²) in [6, 6.07) is 4.22. The first-order valence-corrected chi connectivity index (χ1v) is 7.77. The Hall–Kier alpha value is -1.26. The molecule has 0 bridgehead atoms. The summed E-state index contributed by atoms with van der Waals surface area (Å²) in [4.78, 5) is 0. The summed E-state index contributed by atoms with van der Waals surface area (Å²) < 4.78 is 12.5. The van der Waals surface area contributed by atoms with E-state index < -0.39 is 0 Å². The lowest BCUT2D eigenvalue weighted by molar-refractivity contribution is 0.401. The summed E-state index contributed by atoms with van der Waals surface area (Å²) in [6.45, 7) is 8.14. The first kappa shape index (κ1) is 16.1. The number of methoxy groups -OCH3 is 1. The van der Waals surface area contributed by atoms with E-state index in [1.54, 1.807) is 7.11 Å². The molecule has 21 heavy (non-hydrogen) atoms. The molecule has 2 rings (SSSR count). The fourth-order valence-corrected chi connectivity index (χ4v) is 3.44. The monoisotopic (exact) mass is 351 g/mol. The van der Waals surface area contributed by atoms with E-state index in [1.165, 1.54) is 5.56 Å². The fourth-order valence-electron chi connectivity index (χ4n) is 2.89. The van der Waals surface area contributed by atoms with Crippen LogP contribution >= 0.6 is 15.9 Å². The van der Waals surface area contributed by atoms with Gasteiger partial charge in [0.05, 0.1) is 13.2 Å². The van der Waals surface area contributed by atoms with Gasteiger partial charge in [0.15, 0.2) is 0 Å². The van der Waals surface area contributed by atoms with Crippen LogP contribution in [0.5, 0.6) is 5.75 Å². The van der Waals surface area contributed by atoms with Crippen molar-refractivity contribution in [1.82, 2.24) is 5.32 Å². The van der Waals surface area contributed by atoms with E-state index in [4.69, 9.17) is 9.15 Å². The largest absolute Gasteiger partial charge is 0.496 e. The van der Waals surface area contributed by atoms with Crippen LogP contribution in [0.2, 0.25) is 0 Å². The molecule has 0 aliphatic carbocycles. The van der Waals surface area contributed by atoms with Crippen LogP contribution in [-0.2, 0) is 0 Å². The highest BCUT2D eigenvalue weighted by Gasteiger charge is 2.25. The molecule has 1 aromatic heterocycles. The summed E-state index contributed by atoms with van der Waals surface area (Å²) in [5.41, 5.74) is 4.59. The van der Waals surface area contributed by atoms with Crippen molar-refractivity contribution in [3.63, 3.8) is 0 Å². The van der Waals surface area contributed by atoms with E-state index in [9.17, 15) is 0 Å². The predicted octanol–water partition coefficient (Wildman–Crippen LogP) is 4.59. The maximum absolute atomic E-state index is 5.70. The lowest BCUT2D eigenvalue weighted by atomic mass is 9.92. The van der Waals surface area contributed by atoms with Gasteiger partial charge in [-0.15, -0.1) is 0 Å². The second kappa shape index (κ2) is 6.24. The Bertz CT molecular complexity index is 661. The quantitative estimate of drug-likeness (QED) is 0.874. The first-order valence-electron chi connectivity index (χ1n) is 6.98. The number of hydrogen-bond acceptors (Lipinski definition) is 3. The van der Waals surface area contributed by atoms with Crippen molar-refractivity contribution in [2.45, 2.75) is 33.7 Å². The van der Waals surface area contributed by atoms with E-state index >= 15 is 0 Å². The zero-order valence-corrected chi connectivity index (χ0v) is 15.0. The number of rotatable bonds is 4. The van der Waals surface area contributed by atoms with Gasteiger partial charge in [-0.2, -0.15) is 0 Å². The molecule has 3 nitrogen and oxygen atoms in total. The van der Waals surface area contributed by atoms with Crippen LogP contribution in [0.1, 0.15) is 39.8 Å². The third-order valence-electron chi connectivity index (χ3n) is 3.88. The van der Waals surface area contributed by atoms with Gasteiger partial charge in [0, 0.05) is 15.6 Å². The smallest absolute Gasteiger partial charge is 0.127 e. The Balaban J connectivity index is 2.70. The first-order chi connectivity index (χ1) is 9.90. The average molecular weight is 352 g/mol. The fraction of sp³-hybridized carbons (Fsp3) is 0.412. The molecule has 4 heteroatoms. The van der Waals surface area contributed by atoms with Gasteiger partial charge in [0.2, 0.25) is 0 Å². The Kier molecular flexibility index (Phi) is 4.79. The van der Waals surface area contributed by atoms with Crippen molar-refractivity contribution in [1.29, 1.82) is 0 Å². The van der Waals surface area contributed by atoms with Crippen LogP contribution < -0.4 is 10.1 Å². The summed E-state index contributed by atoms with van der Waals surface area (Å²) in [5, 5.41) is 3.40. The van der Waals surface area contributed by atoms with Crippen molar-refractivity contribution in [2.75, 3.05) is 14.2 Å². The van der Waals surface area contributed by atoms with Crippen molar-refractivity contribution in [2.24, 2.45) is 0 Å². The molecule has 114 valence electrons. The van der Waals surface area contributed by atoms with Gasteiger partial charge < -0.3 is 14.5 Å². The van der Waals surface area contributed by atoms with Crippen LogP contribution in [-0.4, -0.2) is 14.2 Å². The number of hydrogen-bond donors (Lipinski definition) is 1. The summed E-state index contributed by atoms with van der Waals surface area (Å²) in [5.74, 6) is 2.78. The maximum Gasteiger partial charge on any atom is 0.127 e. The second-order valence-electron chi connectivity index (χ2n) is 5.34. The number of ether oxygens (including phenoxy) is 1. The highest BCUT2D eigenvalue weighted by Crippen LogP contribution is 2.40. The average Bonchev–Trinajstić information content (AvgIpc) is 2.75.